The van der Waals surface area contributed by atoms with E-state index in [1.54, 1.807) is 11.6 Å². The molecule has 0 aliphatic carbocycles. The largest absolute Gasteiger partial charge is 0.461 e. The van der Waals surface area contributed by atoms with E-state index in [1.165, 1.54) is 6.07 Å². The molecule has 21 heavy (non-hydrogen) atoms. The monoisotopic (exact) mass is 281 g/mol. The van der Waals surface area contributed by atoms with E-state index in [0.29, 0.717) is 12.4 Å². The van der Waals surface area contributed by atoms with Gasteiger partial charge in [0.05, 0.1) is 12.3 Å². The number of carbonyl (C=O) groups is 1. The minimum atomic E-state index is -0.469. The average molecular weight is 281 g/mol. The summed E-state index contributed by atoms with van der Waals surface area (Å²) in [6, 6.07) is 15.3. The third kappa shape index (κ3) is 2.33. The van der Waals surface area contributed by atoms with Crippen LogP contribution in [-0.4, -0.2) is 22.4 Å². The number of benzene rings is 2. The summed E-state index contributed by atoms with van der Waals surface area (Å²) in [5.41, 5.74) is 7.04. The number of hydrogen-bond acceptors (Lipinski definition) is 4. The zero-order valence-electron chi connectivity index (χ0n) is 11.6. The van der Waals surface area contributed by atoms with Crippen molar-refractivity contribution in [3.05, 3.63) is 54.2 Å². The number of hydrogen-bond donors (Lipinski definition) is 1. The number of ether oxygens (including phenoxy) is 1. The Morgan fingerprint density at radius 1 is 1.24 bits per heavy atom. The van der Waals surface area contributed by atoms with Crippen LogP contribution in [0, 0.1) is 0 Å². The van der Waals surface area contributed by atoms with Gasteiger partial charge >= 0.3 is 5.97 Å². The van der Waals surface area contributed by atoms with Crippen molar-refractivity contribution in [1.29, 1.82) is 0 Å². The fourth-order valence-electron chi connectivity index (χ4n) is 2.29. The highest BCUT2D eigenvalue weighted by Gasteiger charge is 2.15. The van der Waals surface area contributed by atoms with Gasteiger partial charge in [-0.1, -0.05) is 36.4 Å². The van der Waals surface area contributed by atoms with E-state index >= 15 is 0 Å². The Balaban J connectivity index is 2.13. The van der Waals surface area contributed by atoms with Gasteiger partial charge in [0.15, 0.2) is 5.69 Å². The smallest absolute Gasteiger partial charge is 0.358 e. The Hall–Kier alpha value is -2.82. The van der Waals surface area contributed by atoms with E-state index in [2.05, 4.69) is 5.10 Å². The molecule has 0 amide bonds. The molecule has 3 aromatic rings. The van der Waals surface area contributed by atoms with Crippen molar-refractivity contribution in [2.24, 2.45) is 0 Å². The molecule has 5 heteroatoms. The van der Waals surface area contributed by atoms with E-state index in [-0.39, 0.29) is 5.69 Å². The van der Waals surface area contributed by atoms with Crippen LogP contribution in [0.3, 0.4) is 0 Å². The van der Waals surface area contributed by atoms with E-state index in [9.17, 15) is 4.79 Å². The van der Waals surface area contributed by atoms with Crippen molar-refractivity contribution < 1.29 is 9.53 Å². The van der Waals surface area contributed by atoms with Crippen molar-refractivity contribution in [2.45, 2.75) is 6.92 Å². The zero-order valence-corrected chi connectivity index (χ0v) is 11.6. The standard InChI is InChI=1S/C16H15N3O2/c1-2-21-16(20)13-10-15(17)19(18-13)14-9-5-7-11-6-3-4-8-12(11)14/h3-10H,2,17H2,1H3. The lowest BCUT2D eigenvalue weighted by Crippen LogP contribution is -2.07. The predicted molar refractivity (Wildman–Crippen MR) is 81.4 cm³/mol. The number of nitrogen functional groups attached to an aromatic ring is 1. The molecule has 0 saturated carbocycles. The molecule has 106 valence electrons. The number of rotatable bonds is 3. The summed E-state index contributed by atoms with van der Waals surface area (Å²) in [4.78, 5) is 11.8. The fourth-order valence-corrected chi connectivity index (χ4v) is 2.29. The maximum absolute atomic E-state index is 11.8. The van der Waals surface area contributed by atoms with Gasteiger partial charge in [0.1, 0.15) is 5.82 Å². The molecule has 0 unspecified atom stereocenters. The summed E-state index contributed by atoms with van der Waals surface area (Å²) in [6.07, 6.45) is 0. The highest BCUT2D eigenvalue weighted by molar-refractivity contribution is 5.92. The van der Waals surface area contributed by atoms with Gasteiger partial charge in [0, 0.05) is 11.5 Å². The SMILES string of the molecule is CCOC(=O)c1cc(N)n(-c2cccc3ccccc23)n1. The number of nitrogens with two attached hydrogens (primary N) is 1. The van der Waals surface area contributed by atoms with Crippen molar-refractivity contribution >= 4 is 22.6 Å². The lowest BCUT2D eigenvalue weighted by molar-refractivity contribution is 0.0519. The predicted octanol–water partition coefficient (Wildman–Crippen LogP) is 2.78. The number of esters is 1. The molecule has 1 heterocycles. The minimum absolute atomic E-state index is 0.210. The third-order valence-corrected chi connectivity index (χ3v) is 3.22. The van der Waals surface area contributed by atoms with Crippen LogP contribution in [0.2, 0.25) is 0 Å². The molecule has 2 N–H and O–H groups in total. The molecule has 2 aromatic carbocycles. The Kier molecular flexibility index (Phi) is 3.31. The molecular weight excluding hydrogens is 266 g/mol. The third-order valence-electron chi connectivity index (χ3n) is 3.22. The van der Waals surface area contributed by atoms with Crippen LogP contribution in [0.25, 0.3) is 16.5 Å². The fraction of sp³-hybridized carbons (Fsp3) is 0.125. The molecule has 0 aliphatic heterocycles. The van der Waals surface area contributed by atoms with Crippen LogP contribution in [-0.2, 0) is 4.74 Å². The van der Waals surface area contributed by atoms with E-state index in [0.717, 1.165) is 16.5 Å². The number of nitrogens with zero attached hydrogens (tertiary/aromatic N) is 2. The van der Waals surface area contributed by atoms with Crippen LogP contribution in [0.4, 0.5) is 5.82 Å². The van der Waals surface area contributed by atoms with E-state index in [1.807, 2.05) is 42.5 Å². The maximum Gasteiger partial charge on any atom is 0.358 e. The molecule has 0 spiro atoms. The van der Waals surface area contributed by atoms with E-state index < -0.39 is 5.97 Å². The minimum Gasteiger partial charge on any atom is -0.461 e. The summed E-state index contributed by atoms with van der Waals surface area (Å²) in [6.45, 7) is 2.06. The van der Waals surface area contributed by atoms with Gasteiger partial charge in [-0.3, -0.25) is 0 Å². The lowest BCUT2D eigenvalue weighted by atomic mass is 10.1. The van der Waals surface area contributed by atoms with Gasteiger partial charge in [0.2, 0.25) is 0 Å². The first-order valence-corrected chi connectivity index (χ1v) is 6.71. The first-order valence-electron chi connectivity index (χ1n) is 6.71. The van der Waals surface area contributed by atoms with Crippen molar-refractivity contribution in [1.82, 2.24) is 9.78 Å². The van der Waals surface area contributed by atoms with Gasteiger partial charge in [-0.25, -0.2) is 9.48 Å². The first-order chi connectivity index (χ1) is 10.2. The Morgan fingerprint density at radius 2 is 2.00 bits per heavy atom. The van der Waals surface area contributed by atoms with Crippen LogP contribution in [0.15, 0.2) is 48.5 Å². The molecule has 3 rings (SSSR count). The highest BCUT2D eigenvalue weighted by atomic mass is 16.5. The second-order valence-corrected chi connectivity index (χ2v) is 4.58. The molecule has 0 atom stereocenters. The van der Waals surface area contributed by atoms with Gasteiger partial charge in [0.25, 0.3) is 0 Å². The molecule has 0 bridgehead atoms. The molecule has 5 nitrogen and oxygen atoms in total. The summed E-state index contributed by atoms with van der Waals surface area (Å²) < 4.78 is 6.51. The summed E-state index contributed by atoms with van der Waals surface area (Å²) in [5.74, 6) is -0.0717. The van der Waals surface area contributed by atoms with Crippen LogP contribution in [0.5, 0.6) is 0 Å². The highest BCUT2D eigenvalue weighted by Crippen LogP contribution is 2.24. The molecule has 0 saturated heterocycles. The molecule has 0 fully saturated rings. The van der Waals surface area contributed by atoms with Gasteiger partial charge in [-0.05, 0) is 18.4 Å². The number of carbonyl (C=O) groups excluding carboxylic acids is 1. The normalized spacial score (nSPS) is 10.7. The average Bonchev–Trinajstić information content (AvgIpc) is 2.89. The summed E-state index contributed by atoms with van der Waals surface area (Å²) >= 11 is 0. The first kappa shape index (κ1) is 13.2. The Morgan fingerprint density at radius 3 is 2.81 bits per heavy atom. The second kappa shape index (κ2) is 5.28. The number of fused-ring (bicyclic) bond motifs is 1. The van der Waals surface area contributed by atoms with Gasteiger partial charge in [-0.15, -0.1) is 0 Å². The van der Waals surface area contributed by atoms with Crippen molar-refractivity contribution in [2.75, 3.05) is 12.3 Å². The zero-order chi connectivity index (χ0) is 14.8. The van der Waals surface area contributed by atoms with E-state index in [4.69, 9.17) is 10.5 Å². The molecule has 1 aromatic heterocycles. The Labute approximate surface area is 121 Å². The number of anilines is 1. The van der Waals surface area contributed by atoms with Crippen LogP contribution < -0.4 is 5.73 Å². The van der Waals surface area contributed by atoms with Gasteiger partial charge < -0.3 is 10.5 Å². The topological polar surface area (TPSA) is 70.1 Å². The molecular formula is C16H15N3O2. The van der Waals surface area contributed by atoms with Crippen LogP contribution >= 0.6 is 0 Å². The van der Waals surface area contributed by atoms with Gasteiger partial charge in [-0.2, -0.15) is 5.10 Å². The Bertz CT molecular complexity index is 803. The van der Waals surface area contributed by atoms with Crippen molar-refractivity contribution in [3.63, 3.8) is 0 Å². The second-order valence-electron chi connectivity index (χ2n) is 4.58. The summed E-state index contributed by atoms with van der Waals surface area (Å²) in [7, 11) is 0. The maximum atomic E-state index is 11.8. The summed E-state index contributed by atoms with van der Waals surface area (Å²) in [5, 5.41) is 6.37. The molecule has 0 aliphatic rings. The lowest BCUT2D eigenvalue weighted by Gasteiger charge is -2.08. The van der Waals surface area contributed by atoms with Crippen LogP contribution in [0.1, 0.15) is 17.4 Å². The molecule has 0 radical (unpaired) electrons. The van der Waals surface area contributed by atoms with Crippen molar-refractivity contribution in [3.8, 4) is 5.69 Å². The number of aromatic nitrogens is 2. The quantitative estimate of drug-likeness (QED) is 0.749.